The maximum atomic E-state index is 12.5. The van der Waals surface area contributed by atoms with Crippen molar-refractivity contribution in [1.29, 1.82) is 0 Å². The fraction of sp³-hybridized carbons (Fsp3) is 0.333. The second kappa shape index (κ2) is 8.66. The molecule has 0 radical (unpaired) electrons. The lowest BCUT2D eigenvalue weighted by Gasteiger charge is -2.10. The summed E-state index contributed by atoms with van der Waals surface area (Å²) in [5.41, 5.74) is 2.02. The molecule has 1 aliphatic carbocycles. The summed E-state index contributed by atoms with van der Waals surface area (Å²) < 4.78 is 11.7. The molecule has 2 heterocycles. The maximum absolute atomic E-state index is 12.5. The normalized spacial score (nSPS) is 12.9. The van der Waals surface area contributed by atoms with Crippen molar-refractivity contribution in [3.63, 3.8) is 0 Å². The molecule has 0 aliphatic heterocycles. The number of aromatic nitrogens is 3. The lowest BCUT2D eigenvalue weighted by molar-refractivity contribution is -0.117. The first-order valence-electron chi connectivity index (χ1n) is 9.66. The third-order valence-corrected chi connectivity index (χ3v) is 6.00. The van der Waals surface area contributed by atoms with Gasteiger partial charge in [-0.05, 0) is 49.9 Å². The van der Waals surface area contributed by atoms with Gasteiger partial charge in [0.15, 0.2) is 16.6 Å². The van der Waals surface area contributed by atoms with Crippen molar-refractivity contribution in [2.75, 3.05) is 19.5 Å². The van der Waals surface area contributed by atoms with Gasteiger partial charge in [0, 0.05) is 16.5 Å². The number of thiazole rings is 1. The van der Waals surface area contributed by atoms with E-state index in [-0.39, 0.29) is 18.0 Å². The second-order valence-corrected chi connectivity index (χ2v) is 8.01. The van der Waals surface area contributed by atoms with Gasteiger partial charge in [-0.1, -0.05) is 0 Å². The molecule has 0 atom stereocenters. The first kappa shape index (κ1) is 20.1. The number of rotatable bonds is 6. The number of nitrogens with zero attached hydrogens (tertiary/aromatic N) is 3. The van der Waals surface area contributed by atoms with Crippen molar-refractivity contribution in [3.05, 3.63) is 51.3 Å². The summed E-state index contributed by atoms with van der Waals surface area (Å²) in [7, 11) is 3.12. The van der Waals surface area contributed by atoms with Gasteiger partial charge in [0.1, 0.15) is 6.54 Å². The molecule has 0 unspecified atom stereocenters. The summed E-state index contributed by atoms with van der Waals surface area (Å²) in [6, 6.07) is 8.37. The predicted molar refractivity (Wildman–Crippen MR) is 114 cm³/mol. The van der Waals surface area contributed by atoms with Crippen LogP contribution in [-0.4, -0.2) is 34.9 Å². The van der Waals surface area contributed by atoms with Crippen molar-refractivity contribution < 1.29 is 14.3 Å². The number of amides is 1. The van der Waals surface area contributed by atoms with E-state index in [4.69, 9.17) is 9.47 Å². The van der Waals surface area contributed by atoms with Crippen LogP contribution in [0.3, 0.4) is 0 Å². The Morgan fingerprint density at radius 1 is 1.13 bits per heavy atom. The summed E-state index contributed by atoms with van der Waals surface area (Å²) in [6.07, 6.45) is 4.25. The van der Waals surface area contributed by atoms with Crippen LogP contribution in [0.2, 0.25) is 0 Å². The summed E-state index contributed by atoms with van der Waals surface area (Å²) in [5, 5.41) is 7.73. The number of aryl methyl sites for hydroxylation is 2. The third-order valence-electron chi connectivity index (χ3n) is 4.93. The Morgan fingerprint density at radius 3 is 2.70 bits per heavy atom. The number of nitrogens with one attached hydrogen (secondary N) is 1. The molecule has 0 saturated carbocycles. The highest BCUT2D eigenvalue weighted by molar-refractivity contribution is 7.15. The molecule has 0 saturated heterocycles. The van der Waals surface area contributed by atoms with Crippen molar-refractivity contribution in [3.8, 4) is 22.8 Å². The lowest BCUT2D eigenvalue weighted by atomic mass is 10.0. The summed E-state index contributed by atoms with van der Waals surface area (Å²) in [5.74, 6) is 0.820. The van der Waals surface area contributed by atoms with Gasteiger partial charge in [-0.2, -0.15) is 5.10 Å². The van der Waals surface area contributed by atoms with E-state index >= 15 is 0 Å². The van der Waals surface area contributed by atoms with E-state index in [0.717, 1.165) is 41.6 Å². The average Bonchev–Trinajstić information content (AvgIpc) is 3.16. The van der Waals surface area contributed by atoms with Crippen LogP contribution in [0.25, 0.3) is 11.3 Å². The van der Waals surface area contributed by atoms with Crippen LogP contribution in [0.1, 0.15) is 23.4 Å². The Bertz CT molecular complexity index is 1110. The minimum absolute atomic E-state index is 0.190. The highest BCUT2D eigenvalue weighted by atomic mass is 32.1. The monoisotopic (exact) mass is 426 g/mol. The van der Waals surface area contributed by atoms with Crippen LogP contribution in [0.15, 0.2) is 35.1 Å². The average molecular weight is 426 g/mol. The van der Waals surface area contributed by atoms with Crippen LogP contribution in [0.5, 0.6) is 11.5 Å². The maximum Gasteiger partial charge on any atom is 0.267 e. The predicted octanol–water partition coefficient (Wildman–Crippen LogP) is 2.90. The van der Waals surface area contributed by atoms with E-state index < -0.39 is 0 Å². The second-order valence-electron chi connectivity index (χ2n) is 6.93. The molecule has 156 valence electrons. The van der Waals surface area contributed by atoms with Crippen LogP contribution in [0.4, 0.5) is 5.13 Å². The first-order valence-corrected chi connectivity index (χ1v) is 10.5. The van der Waals surface area contributed by atoms with E-state index in [2.05, 4.69) is 15.4 Å². The van der Waals surface area contributed by atoms with E-state index in [9.17, 15) is 9.59 Å². The molecule has 30 heavy (non-hydrogen) atoms. The lowest BCUT2D eigenvalue weighted by Crippen LogP contribution is -2.29. The van der Waals surface area contributed by atoms with E-state index in [1.807, 2.05) is 6.07 Å². The molecule has 0 fully saturated rings. The van der Waals surface area contributed by atoms with E-state index in [0.29, 0.717) is 22.3 Å². The molecular weight excluding hydrogens is 404 g/mol. The number of anilines is 1. The van der Waals surface area contributed by atoms with Crippen molar-refractivity contribution >= 4 is 22.4 Å². The van der Waals surface area contributed by atoms with Gasteiger partial charge in [0.05, 0.1) is 25.6 Å². The fourth-order valence-electron chi connectivity index (χ4n) is 3.41. The minimum Gasteiger partial charge on any atom is -0.493 e. The first-order chi connectivity index (χ1) is 14.6. The Labute approximate surface area is 177 Å². The van der Waals surface area contributed by atoms with Gasteiger partial charge < -0.3 is 14.8 Å². The molecule has 1 aromatic carbocycles. The van der Waals surface area contributed by atoms with Gasteiger partial charge in [-0.25, -0.2) is 9.67 Å². The van der Waals surface area contributed by atoms with Gasteiger partial charge in [-0.3, -0.25) is 9.59 Å². The summed E-state index contributed by atoms with van der Waals surface area (Å²) in [6.45, 7) is -0.190. The van der Waals surface area contributed by atoms with Gasteiger partial charge in [0.25, 0.3) is 5.56 Å². The quantitative estimate of drug-likeness (QED) is 0.651. The number of carbonyl (C=O) groups is 1. The number of carbonyl (C=O) groups excluding carboxylic acids is 1. The number of methoxy groups -OCH3 is 2. The zero-order valence-corrected chi connectivity index (χ0v) is 17.6. The number of fused-ring (bicyclic) bond motifs is 1. The number of ether oxygens (including phenoxy) is 2. The van der Waals surface area contributed by atoms with Crippen molar-refractivity contribution in [2.45, 2.75) is 32.2 Å². The number of hydrogen-bond acceptors (Lipinski definition) is 7. The molecule has 1 N–H and O–H groups in total. The molecule has 0 spiro atoms. The zero-order valence-electron chi connectivity index (χ0n) is 16.8. The third kappa shape index (κ3) is 4.20. The van der Waals surface area contributed by atoms with Crippen molar-refractivity contribution in [1.82, 2.24) is 14.8 Å². The Hall–Kier alpha value is -3.20. The van der Waals surface area contributed by atoms with E-state index in [1.54, 1.807) is 32.4 Å². The van der Waals surface area contributed by atoms with Gasteiger partial charge in [0.2, 0.25) is 5.91 Å². The van der Waals surface area contributed by atoms with E-state index in [1.165, 1.54) is 22.3 Å². The molecule has 0 bridgehead atoms. The molecule has 4 rings (SSSR count). The van der Waals surface area contributed by atoms with Gasteiger partial charge in [-0.15, -0.1) is 11.3 Å². The Balaban J connectivity index is 1.52. The standard InChI is InChI=1S/C21H22N4O4S/c1-28-16-9-7-13(11-17(16)29-2)14-8-10-20(27)25(24-14)12-19(26)23-21-22-15-5-3-4-6-18(15)30-21/h7-11H,3-6,12H2,1-2H3,(H,22,23,26). The van der Waals surface area contributed by atoms with Crippen LogP contribution in [0, 0.1) is 0 Å². The summed E-state index contributed by atoms with van der Waals surface area (Å²) in [4.78, 5) is 30.5. The topological polar surface area (TPSA) is 95.3 Å². The molecule has 8 nitrogen and oxygen atoms in total. The van der Waals surface area contributed by atoms with Crippen LogP contribution < -0.4 is 20.3 Å². The SMILES string of the molecule is COc1ccc(-c2ccc(=O)n(CC(=O)Nc3nc4c(s3)CCCC4)n2)cc1OC. The fourth-order valence-corrected chi connectivity index (χ4v) is 4.48. The van der Waals surface area contributed by atoms with Crippen LogP contribution >= 0.6 is 11.3 Å². The molecule has 1 aliphatic rings. The van der Waals surface area contributed by atoms with Crippen LogP contribution in [-0.2, 0) is 24.2 Å². The van der Waals surface area contributed by atoms with Gasteiger partial charge >= 0.3 is 0 Å². The Kier molecular flexibility index (Phi) is 5.80. The molecule has 2 aromatic heterocycles. The number of benzene rings is 1. The minimum atomic E-state index is -0.354. The Morgan fingerprint density at radius 2 is 1.93 bits per heavy atom. The van der Waals surface area contributed by atoms with Crippen molar-refractivity contribution in [2.24, 2.45) is 0 Å². The number of hydrogen-bond donors (Lipinski definition) is 1. The molecule has 1 amide bonds. The highest BCUT2D eigenvalue weighted by Crippen LogP contribution is 2.31. The summed E-state index contributed by atoms with van der Waals surface area (Å²) >= 11 is 1.51. The molecular formula is C21H22N4O4S. The molecule has 3 aromatic rings. The largest absolute Gasteiger partial charge is 0.493 e. The highest BCUT2D eigenvalue weighted by Gasteiger charge is 2.17. The molecule has 9 heteroatoms. The zero-order chi connectivity index (χ0) is 21.1. The smallest absolute Gasteiger partial charge is 0.267 e.